The van der Waals surface area contributed by atoms with Crippen molar-refractivity contribution >= 4 is 11.5 Å². The van der Waals surface area contributed by atoms with E-state index in [9.17, 15) is 4.79 Å². The maximum Gasteiger partial charge on any atom is 0.183 e. The topological polar surface area (TPSA) is 29.4 Å². The molecule has 0 fully saturated rings. The summed E-state index contributed by atoms with van der Waals surface area (Å²) in [7, 11) is 0. The van der Waals surface area contributed by atoms with Crippen LogP contribution < -0.4 is 0 Å². The second-order valence-corrected chi connectivity index (χ2v) is 5.71. The van der Waals surface area contributed by atoms with E-state index in [1.165, 1.54) is 0 Å². The van der Waals surface area contributed by atoms with E-state index in [2.05, 4.69) is 32.9 Å². The fourth-order valence-electron chi connectivity index (χ4n) is 3.01. The minimum Gasteiger partial charge on any atom is -0.289 e. The Morgan fingerprint density at radius 3 is 2.00 bits per heavy atom. The molecule has 1 spiro atoms. The predicted molar refractivity (Wildman–Crippen MR) is 66.8 cm³/mol. The van der Waals surface area contributed by atoms with Gasteiger partial charge in [-0.2, -0.15) is 0 Å². The molecule has 2 aliphatic rings. The molecule has 0 N–H and O–H groups in total. The monoisotopic (exact) mass is 217 g/mol. The summed E-state index contributed by atoms with van der Waals surface area (Å²) in [5, 5.41) is 0. The van der Waals surface area contributed by atoms with Crippen LogP contribution in [0.2, 0.25) is 0 Å². The number of hydrogen-bond donors (Lipinski definition) is 0. The Morgan fingerprint density at radius 2 is 1.62 bits per heavy atom. The zero-order chi connectivity index (χ0) is 12.1. The smallest absolute Gasteiger partial charge is 0.183 e. The number of carbonyl (C=O) groups excluding carboxylic acids is 1. The lowest BCUT2D eigenvalue weighted by atomic mass is 9.72. The average molecular weight is 217 g/mol. The van der Waals surface area contributed by atoms with Crippen molar-refractivity contribution in [2.24, 2.45) is 10.4 Å². The third-order valence-electron chi connectivity index (χ3n) is 3.53. The first-order valence-electron chi connectivity index (χ1n) is 5.76. The van der Waals surface area contributed by atoms with Gasteiger partial charge in [-0.25, -0.2) is 0 Å². The molecule has 0 unspecified atom stereocenters. The van der Waals surface area contributed by atoms with Crippen LogP contribution in [0.3, 0.4) is 0 Å². The van der Waals surface area contributed by atoms with Crippen LogP contribution in [0.15, 0.2) is 28.3 Å². The first kappa shape index (κ1) is 11.3. The van der Waals surface area contributed by atoms with Crippen LogP contribution in [0.5, 0.6) is 0 Å². The molecule has 0 amide bonds. The van der Waals surface area contributed by atoms with Gasteiger partial charge in [0.25, 0.3) is 0 Å². The Hall–Kier alpha value is -1.18. The number of rotatable bonds is 0. The van der Waals surface area contributed by atoms with Crippen molar-refractivity contribution < 1.29 is 4.79 Å². The molecule has 1 aliphatic heterocycles. The van der Waals surface area contributed by atoms with Crippen LogP contribution >= 0.6 is 0 Å². The molecule has 86 valence electrons. The summed E-state index contributed by atoms with van der Waals surface area (Å²) in [6.45, 7) is 10.2. The SMILES string of the molecule is CC1=CC2(C=C(C)C1=O)CC(C)(C)N=C2C. The van der Waals surface area contributed by atoms with Crippen molar-refractivity contribution in [3.63, 3.8) is 0 Å². The highest BCUT2D eigenvalue weighted by Crippen LogP contribution is 2.45. The molecule has 1 aliphatic carbocycles. The van der Waals surface area contributed by atoms with Crippen LogP contribution in [0, 0.1) is 5.41 Å². The molecule has 2 heteroatoms. The number of Topliss-reactive ketones (excluding diaryl/α,β-unsaturated/α-hetero) is 1. The summed E-state index contributed by atoms with van der Waals surface area (Å²) in [6.07, 6.45) is 5.15. The molecular weight excluding hydrogens is 198 g/mol. The summed E-state index contributed by atoms with van der Waals surface area (Å²) in [6, 6.07) is 0. The number of aliphatic imine (C=N–C) groups is 1. The molecule has 0 aromatic rings. The fraction of sp³-hybridized carbons (Fsp3) is 0.571. The van der Waals surface area contributed by atoms with Gasteiger partial charge in [-0.05, 0) is 52.2 Å². The molecule has 0 aromatic carbocycles. The van der Waals surface area contributed by atoms with Gasteiger partial charge in [-0.15, -0.1) is 0 Å². The van der Waals surface area contributed by atoms with Crippen molar-refractivity contribution in [1.82, 2.24) is 0 Å². The molecule has 0 bridgehead atoms. The van der Waals surface area contributed by atoms with Crippen molar-refractivity contribution in [2.75, 3.05) is 0 Å². The second kappa shape index (κ2) is 3.16. The summed E-state index contributed by atoms with van der Waals surface area (Å²) >= 11 is 0. The van der Waals surface area contributed by atoms with Crippen molar-refractivity contribution in [3.8, 4) is 0 Å². The molecule has 0 saturated carbocycles. The molecule has 16 heavy (non-hydrogen) atoms. The average Bonchev–Trinajstić information content (AvgIpc) is 2.32. The lowest BCUT2D eigenvalue weighted by Crippen LogP contribution is -2.29. The van der Waals surface area contributed by atoms with Crippen LogP contribution in [-0.4, -0.2) is 17.0 Å². The minimum atomic E-state index is -0.106. The molecule has 0 radical (unpaired) electrons. The number of nitrogens with zero attached hydrogens (tertiary/aromatic N) is 1. The highest BCUT2D eigenvalue weighted by molar-refractivity contribution is 6.11. The summed E-state index contributed by atoms with van der Waals surface area (Å²) < 4.78 is 0. The third kappa shape index (κ3) is 1.57. The van der Waals surface area contributed by atoms with Gasteiger partial charge >= 0.3 is 0 Å². The molecule has 2 nitrogen and oxygen atoms in total. The van der Waals surface area contributed by atoms with Gasteiger partial charge in [-0.3, -0.25) is 9.79 Å². The van der Waals surface area contributed by atoms with Gasteiger partial charge in [-0.1, -0.05) is 12.2 Å². The van der Waals surface area contributed by atoms with Crippen LogP contribution in [0.25, 0.3) is 0 Å². The summed E-state index contributed by atoms with van der Waals surface area (Å²) in [4.78, 5) is 16.5. The van der Waals surface area contributed by atoms with E-state index >= 15 is 0 Å². The quantitative estimate of drug-likeness (QED) is 0.613. The zero-order valence-corrected chi connectivity index (χ0v) is 10.7. The third-order valence-corrected chi connectivity index (χ3v) is 3.53. The van der Waals surface area contributed by atoms with Crippen molar-refractivity contribution in [1.29, 1.82) is 0 Å². The van der Waals surface area contributed by atoms with Crippen molar-refractivity contribution in [3.05, 3.63) is 23.3 Å². The second-order valence-electron chi connectivity index (χ2n) is 5.71. The lowest BCUT2D eigenvalue weighted by Gasteiger charge is -2.29. The van der Waals surface area contributed by atoms with Gasteiger partial charge in [0.1, 0.15) is 0 Å². The van der Waals surface area contributed by atoms with E-state index in [4.69, 9.17) is 4.99 Å². The molecule has 1 heterocycles. The van der Waals surface area contributed by atoms with Crippen LogP contribution in [0.1, 0.15) is 41.0 Å². The van der Waals surface area contributed by atoms with E-state index in [0.29, 0.717) is 0 Å². The fourth-order valence-corrected chi connectivity index (χ4v) is 3.01. The first-order chi connectivity index (χ1) is 7.26. The standard InChI is InChI=1S/C14H19NO/c1-9-6-14(7-10(2)12(9)16)8-13(4,5)15-11(14)3/h6-7H,8H2,1-5H3. The molecule has 2 rings (SSSR count). The van der Waals surface area contributed by atoms with Gasteiger partial charge in [0.15, 0.2) is 5.78 Å². The van der Waals surface area contributed by atoms with E-state index in [1.54, 1.807) is 0 Å². The van der Waals surface area contributed by atoms with Gasteiger partial charge < -0.3 is 0 Å². The highest BCUT2D eigenvalue weighted by atomic mass is 16.1. The Kier molecular flexibility index (Phi) is 2.23. The number of allylic oxidation sites excluding steroid dienone is 4. The zero-order valence-electron chi connectivity index (χ0n) is 10.7. The van der Waals surface area contributed by atoms with Crippen molar-refractivity contribution in [2.45, 2.75) is 46.6 Å². The Morgan fingerprint density at radius 1 is 1.12 bits per heavy atom. The van der Waals surface area contributed by atoms with E-state index in [0.717, 1.165) is 23.3 Å². The Labute approximate surface area is 97.1 Å². The van der Waals surface area contributed by atoms with E-state index in [-0.39, 0.29) is 16.7 Å². The highest BCUT2D eigenvalue weighted by Gasteiger charge is 2.43. The number of hydrogen-bond acceptors (Lipinski definition) is 2. The Balaban J connectivity index is 2.51. The lowest BCUT2D eigenvalue weighted by molar-refractivity contribution is -0.112. The molecular formula is C14H19NO. The maximum atomic E-state index is 11.8. The number of ketones is 1. The number of carbonyl (C=O) groups is 1. The molecule has 0 saturated heterocycles. The van der Waals surface area contributed by atoms with Gasteiger partial charge in [0.2, 0.25) is 0 Å². The van der Waals surface area contributed by atoms with Crippen LogP contribution in [-0.2, 0) is 4.79 Å². The van der Waals surface area contributed by atoms with Gasteiger partial charge in [0.05, 0.1) is 5.54 Å². The summed E-state index contributed by atoms with van der Waals surface area (Å²) in [5.41, 5.74) is 2.71. The van der Waals surface area contributed by atoms with Gasteiger partial charge in [0, 0.05) is 11.1 Å². The molecule has 0 aromatic heterocycles. The summed E-state index contributed by atoms with van der Waals surface area (Å²) in [5.74, 6) is 0.170. The predicted octanol–water partition coefficient (Wildman–Crippen LogP) is 3.09. The van der Waals surface area contributed by atoms with Crippen LogP contribution in [0.4, 0.5) is 0 Å². The Bertz CT molecular complexity index is 427. The normalized spacial score (nSPS) is 26.6. The largest absolute Gasteiger partial charge is 0.289 e. The molecule has 0 atom stereocenters. The first-order valence-corrected chi connectivity index (χ1v) is 5.76. The van der Waals surface area contributed by atoms with E-state index in [1.807, 2.05) is 13.8 Å². The van der Waals surface area contributed by atoms with E-state index < -0.39 is 0 Å². The maximum absolute atomic E-state index is 11.8. The minimum absolute atomic E-state index is 0.0158.